The minimum atomic E-state index is 0.787. The van der Waals surface area contributed by atoms with Gasteiger partial charge in [0.2, 0.25) is 0 Å². The second-order valence-electron chi connectivity index (χ2n) is 3.75. The van der Waals surface area contributed by atoms with Gasteiger partial charge in [0.05, 0.1) is 10.2 Å². The molecule has 3 rings (SSSR count). The van der Waals surface area contributed by atoms with Crippen LogP contribution in [-0.4, -0.2) is 4.98 Å². The molecule has 0 saturated carbocycles. The van der Waals surface area contributed by atoms with Gasteiger partial charge < -0.3 is 5.73 Å². The molecule has 0 fully saturated rings. The van der Waals surface area contributed by atoms with Crippen LogP contribution >= 0.6 is 33.9 Å². The van der Waals surface area contributed by atoms with Gasteiger partial charge in [-0.1, -0.05) is 12.1 Å². The van der Waals surface area contributed by atoms with Gasteiger partial charge in [0, 0.05) is 14.8 Å². The van der Waals surface area contributed by atoms with Gasteiger partial charge in [0.15, 0.2) is 0 Å². The minimum absolute atomic E-state index is 0.787. The number of nitrogens with two attached hydrogens (primary N) is 1. The number of halogens is 1. The molecule has 0 aliphatic rings. The van der Waals surface area contributed by atoms with Gasteiger partial charge in [-0.25, -0.2) is 4.98 Å². The normalized spacial score (nSPS) is 10.9. The first-order valence-corrected chi connectivity index (χ1v) is 7.04. The van der Waals surface area contributed by atoms with E-state index in [1.54, 1.807) is 11.3 Å². The van der Waals surface area contributed by atoms with E-state index in [1.165, 1.54) is 3.57 Å². The number of nitrogen functional groups attached to an aromatic ring is 1. The molecule has 0 atom stereocenters. The number of nitrogens with zero attached hydrogens (tertiary/aromatic N) is 1. The second-order valence-corrected chi connectivity index (χ2v) is 6.03. The van der Waals surface area contributed by atoms with E-state index in [-0.39, 0.29) is 0 Å². The fourth-order valence-corrected chi connectivity index (χ4v) is 3.04. The van der Waals surface area contributed by atoms with Crippen LogP contribution in [0.5, 0.6) is 0 Å². The lowest BCUT2D eigenvalue weighted by Crippen LogP contribution is -1.81. The first-order chi connectivity index (χ1) is 8.22. The lowest BCUT2D eigenvalue weighted by molar-refractivity contribution is 1.47. The van der Waals surface area contributed by atoms with E-state index in [4.69, 9.17) is 5.73 Å². The predicted octanol–water partition coefficient (Wildman–Crippen LogP) is 4.15. The maximum Gasteiger partial charge on any atom is 0.124 e. The molecule has 3 aromatic rings. The Balaban J connectivity index is 2.14. The van der Waals surface area contributed by atoms with E-state index in [0.29, 0.717) is 0 Å². The van der Waals surface area contributed by atoms with Gasteiger partial charge in [-0.3, -0.25) is 0 Å². The molecule has 4 heteroatoms. The van der Waals surface area contributed by atoms with Crippen LogP contribution in [0.25, 0.3) is 20.8 Å². The summed E-state index contributed by atoms with van der Waals surface area (Å²) in [4.78, 5) is 4.61. The molecular weight excluding hydrogens is 343 g/mol. The van der Waals surface area contributed by atoms with Gasteiger partial charge >= 0.3 is 0 Å². The molecule has 17 heavy (non-hydrogen) atoms. The molecule has 2 aromatic carbocycles. The fourth-order valence-electron chi connectivity index (χ4n) is 1.66. The van der Waals surface area contributed by atoms with Crippen molar-refractivity contribution in [1.29, 1.82) is 0 Å². The van der Waals surface area contributed by atoms with Gasteiger partial charge in [-0.05, 0) is 52.9 Å². The van der Waals surface area contributed by atoms with Crippen molar-refractivity contribution in [2.24, 2.45) is 0 Å². The molecule has 0 radical (unpaired) electrons. The predicted molar refractivity (Wildman–Crippen MR) is 82.2 cm³/mol. The average Bonchev–Trinajstić information content (AvgIpc) is 2.72. The molecule has 1 heterocycles. The highest BCUT2D eigenvalue weighted by atomic mass is 127. The molecular formula is C13H9IN2S. The van der Waals surface area contributed by atoms with Crippen molar-refractivity contribution in [2.75, 3.05) is 5.73 Å². The van der Waals surface area contributed by atoms with E-state index in [9.17, 15) is 0 Å². The largest absolute Gasteiger partial charge is 0.399 e. The first kappa shape index (κ1) is 11.0. The first-order valence-electron chi connectivity index (χ1n) is 5.14. The summed E-state index contributed by atoms with van der Waals surface area (Å²) in [5.41, 5.74) is 8.73. The second kappa shape index (κ2) is 4.27. The van der Waals surface area contributed by atoms with E-state index >= 15 is 0 Å². The summed E-state index contributed by atoms with van der Waals surface area (Å²) in [5.74, 6) is 0. The lowest BCUT2D eigenvalue weighted by Gasteiger charge is -1.94. The average molecular weight is 352 g/mol. The number of hydrogen-bond donors (Lipinski definition) is 1. The number of aromatic nitrogens is 1. The Morgan fingerprint density at radius 2 is 1.82 bits per heavy atom. The van der Waals surface area contributed by atoms with Crippen LogP contribution in [0.3, 0.4) is 0 Å². The number of rotatable bonds is 1. The number of benzene rings is 2. The molecule has 84 valence electrons. The van der Waals surface area contributed by atoms with Gasteiger partial charge in [-0.15, -0.1) is 11.3 Å². The Labute approximate surface area is 117 Å². The number of anilines is 1. The number of thiazole rings is 1. The molecule has 0 aliphatic carbocycles. The number of hydrogen-bond acceptors (Lipinski definition) is 3. The van der Waals surface area contributed by atoms with Crippen molar-refractivity contribution in [2.45, 2.75) is 0 Å². The maximum absolute atomic E-state index is 5.77. The van der Waals surface area contributed by atoms with Crippen LogP contribution in [0.15, 0.2) is 42.5 Å². The van der Waals surface area contributed by atoms with Crippen LogP contribution in [0.2, 0.25) is 0 Å². The molecule has 1 aromatic heterocycles. The molecule has 0 spiro atoms. The molecule has 2 nitrogen and oxygen atoms in total. The van der Waals surface area contributed by atoms with Crippen LogP contribution in [0.4, 0.5) is 5.69 Å². The minimum Gasteiger partial charge on any atom is -0.399 e. The quantitative estimate of drug-likeness (QED) is 0.528. The molecule has 0 unspecified atom stereocenters. The molecule has 0 aliphatic heterocycles. The lowest BCUT2D eigenvalue weighted by atomic mass is 10.2. The smallest absolute Gasteiger partial charge is 0.124 e. The third-order valence-electron chi connectivity index (χ3n) is 2.50. The van der Waals surface area contributed by atoms with Crippen molar-refractivity contribution in [3.63, 3.8) is 0 Å². The zero-order chi connectivity index (χ0) is 11.8. The zero-order valence-electron chi connectivity index (χ0n) is 8.85. The molecule has 0 saturated heterocycles. The highest BCUT2D eigenvalue weighted by Gasteiger charge is 2.06. The van der Waals surface area contributed by atoms with E-state index in [2.05, 4.69) is 51.8 Å². The van der Waals surface area contributed by atoms with E-state index in [1.807, 2.05) is 18.2 Å². The highest BCUT2D eigenvalue weighted by Crippen LogP contribution is 2.31. The maximum atomic E-state index is 5.77. The Morgan fingerprint density at radius 1 is 1.06 bits per heavy atom. The Bertz CT molecular complexity index is 673. The summed E-state index contributed by atoms with van der Waals surface area (Å²) in [6, 6.07) is 14.2. The highest BCUT2D eigenvalue weighted by molar-refractivity contribution is 14.1. The van der Waals surface area contributed by atoms with Gasteiger partial charge in [-0.2, -0.15) is 0 Å². The summed E-state index contributed by atoms with van der Waals surface area (Å²) < 4.78 is 2.37. The summed E-state index contributed by atoms with van der Waals surface area (Å²) >= 11 is 3.98. The Hall–Kier alpha value is -1.14. The van der Waals surface area contributed by atoms with Crippen LogP contribution in [0.1, 0.15) is 0 Å². The van der Waals surface area contributed by atoms with E-state index < -0.39 is 0 Å². The molecule has 2 N–H and O–H groups in total. The Kier molecular flexibility index (Phi) is 2.76. The monoisotopic (exact) mass is 352 g/mol. The van der Waals surface area contributed by atoms with Crippen LogP contribution in [0, 0.1) is 3.57 Å². The van der Waals surface area contributed by atoms with Crippen molar-refractivity contribution >= 4 is 49.8 Å². The summed E-state index contributed by atoms with van der Waals surface area (Å²) in [7, 11) is 0. The SMILES string of the molecule is Nc1ccc2nc(-c3ccc(I)cc3)sc2c1. The third-order valence-corrected chi connectivity index (χ3v) is 4.29. The van der Waals surface area contributed by atoms with Crippen LogP contribution in [-0.2, 0) is 0 Å². The molecule has 0 amide bonds. The van der Waals surface area contributed by atoms with Crippen molar-refractivity contribution in [3.8, 4) is 10.6 Å². The van der Waals surface area contributed by atoms with Crippen molar-refractivity contribution < 1.29 is 0 Å². The van der Waals surface area contributed by atoms with Crippen molar-refractivity contribution in [1.82, 2.24) is 4.98 Å². The van der Waals surface area contributed by atoms with Crippen molar-refractivity contribution in [3.05, 3.63) is 46.0 Å². The standard InChI is InChI=1S/C13H9IN2S/c14-9-3-1-8(2-4-9)13-16-11-6-5-10(15)7-12(11)17-13/h1-7H,15H2. The Morgan fingerprint density at radius 3 is 2.59 bits per heavy atom. The summed E-state index contributed by atoms with van der Waals surface area (Å²) in [6.45, 7) is 0. The summed E-state index contributed by atoms with van der Waals surface area (Å²) in [5, 5.41) is 1.04. The topological polar surface area (TPSA) is 38.9 Å². The summed E-state index contributed by atoms with van der Waals surface area (Å²) in [6.07, 6.45) is 0. The van der Waals surface area contributed by atoms with Gasteiger partial charge in [0.25, 0.3) is 0 Å². The van der Waals surface area contributed by atoms with Gasteiger partial charge in [0.1, 0.15) is 5.01 Å². The number of fused-ring (bicyclic) bond motifs is 1. The fraction of sp³-hybridized carbons (Fsp3) is 0. The van der Waals surface area contributed by atoms with E-state index in [0.717, 1.165) is 26.5 Å². The van der Waals surface area contributed by atoms with Crippen LogP contribution < -0.4 is 5.73 Å². The zero-order valence-corrected chi connectivity index (χ0v) is 11.8. The molecule has 0 bridgehead atoms. The third kappa shape index (κ3) is 2.14.